The highest BCUT2D eigenvalue weighted by atomic mass is 16.3. The lowest BCUT2D eigenvalue weighted by atomic mass is 10.1. The van der Waals surface area contributed by atoms with Gasteiger partial charge in [-0.15, -0.1) is 0 Å². The molecule has 0 saturated carbocycles. The first kappa shape index (κ1) is 9.84. The number of hydrogen-bond acceptors (Lipinski definition) is 2. The van der Waals surface area contributed by atoms with E-state index < -0.39 is 0 Å². The molecule has 2 heteroatoms. The van der Waals surface area contributed by atoms with Gasteiger partial charge in [0.2, 0.25) is 0 Å². The van der Waals surface area contributed by atoms with Crippen molar-refractivity contribution in [1.29, 1.82) is 0 Å². The Kier molecular flexibility index (Phi) is 2.77. The normalized spacial score (nSPS) is 10.3. The highest BCUT2D eigenvalue weighted by molar-refractivity contribution is 5.56. The lowest BCUT2D eigenvalue weighted by Crippen LogP contribution is -2.01. The number of anilines is 1. The summed E-state index contributed by atoms with van der Waals surface area (Å²) in [6, 6.07) is 10.2. The second-order valence-corrected chi connectivity index (χ2v) is 3.70. The van der Waals surface area contributed by atoms with Crippen LogP contribution in [0.5, 0.6) is 0 Å². The number of para-hydroxylation sites is 1. The zero-order valence-corrected chi connectivity index (χ0v) is 9.08. The van der Waals surface area contributed by atoms with Crippen LogP contribution in [-0.2, 0) is 6.54 Å². The maximum atomic E-state index is 5.27. The fourth-order valence-corrected chi connectivity index (χ4v) is 1.68. The molecule has 0 unspecified atom stereocenters. The number of aryl methyl sites for hydroxylation is 2. The predicted octanol–water partition coefficient (Wildman–Crippen LogP) is 3.51. The summed E-state index contributed by atoms with van der Waals surface area (Å²) in [4.78, 5) is 0. The minimum atomic E-state index is 0.735. The van der Waals surface area contributed by atoms with Gasteiger partial charge in [0.1, 0.15) is 5.76 Å². The molecule has 0 fully saturated rings. The molecule has 15 heavy (non-hydrogen) atoms. The lowest BCUT2D eigenvalue weighted by molar-refractivity contribution is 0.518. The molecular weight excluding hydrogens is 186 g/mol. The van der Waals surface area contributed by atoms with Crippen molar-refractivity contribution in [3.8, 4) is 0 Å². The Morgan fingerprint density at radius 3 is 2.40 bits per heavy atom. The van der Waals surface area contributed by atoms with E-state index in [9.17, 15) is 0 Å². The van der Waals surface area contributed by atoms with Crippen LogP contribution in [-0.4, -0.2) is 0 Å². The van der Waals surface area contributed by atoms with Crippen LogP contribution in [0.4, 0.5) is 5.69 Å². The summed E-state index contributed by atoms with van der Waals surface area (Å²) in [5.74, 6) is 0.956. The quantitative estimate of drug-likeness (QED) is 0.822. The van der Waals surface area contributed by atoms with E-state index in [0.29, 0.717) is 0 Å². The number of hydrogen-bond donors (Lipinski definition) is 1. The Hall–Kier alpha value is -1.70. The van der Waals surface area contributed by atoms with Crippen LogP contribution in [0, 0.1) is 13.8 Å². The van der Waals surface area contributed by atoms with Crippen molar-refractivity contribution in [1.82, 2.24) is 0 Å². The van der Waals surface area contributed by atoms with Crippen molar-refractivity contribution in [3.05, 3.63) is 53.5 Å². The highest BCUT2D eigenvalue weighted by Gasteiger charge is 2.01. The van der Waals surface area contributed by atoms with E-state index in [1.54, 1.807) is 6.26 Å². The van der Waals surface area contributed by atoms with Crippen molar-refractivity contribution >= 4 is 5.69 Å². The molecule has 0 spiro atoms. The highest BCUT2D eigenvalue weighted by Crippen LogP contribution is 2.20. The van der Waals surface area contributed by atoms with Gasteiger partial charge in [-0.1, -0.05) is 18.2 Å². The molecule has 0 radical (unpaired) electrons. The van der Waals surface area contributed by atoms with E-state index in [1.165, 1.54) is 16.8 Å². The third kappa shape index (κ3) is 2.21. The van der Waals surface area contributed by atoms with Gasteiger partial charge >= 0.3 is 0 Å². The minimum Gasteiger partial charge on any atom is -0.467 e. The van der Waals surface area contributed by atoms with Gasteiger partial charge in [0, 0.05) is 5.69 Å². The largest absolute Gasteiger partial charge is 0.467 e. The average Bonchev–Trinajstić information content (AvgIpc) is 2.70. The molecule has 2 rings (SSSR count). The summed E-state index contributed by atoms with van der Waals surface area (Å²) < 4.78 is 5.27. The molecule has 1 heterocycles. The number of benzene rings is 1. The zero-order chi connectivity index (χ0) is 10.7. The summed E-state index contributed by atoms with van der Waals surface area (Å²) in [7, 11) is 0. The SMILES string of the molecule is Cc1cccc(C)c1NCc1ccco1. The monoisotopic (exact) mass is 201 g/mol. The van der Waals surface area contributed by atoms with E-state index in [2.05, 4.69) is 37.4 Å². The van der Waals surface area contributed by atoms with E-state index in [1.807, 2.05) is 12.1 Å². The smallest absolute Gasteiger partial charge is 0.122 e. The maximum absolute atomic E-state index is 5.27. The summed E-state index contributed by atoms with van der Waals surface area (Å²) >= 11 is 0. The van der Waals surface area contributed by atoms with Crippen molar-refractivity contribution in [3.63, 3.8) is 0 Å². The molecule has 2 aromatic rings. The summed E-state index contributed by atoms with van der Waals surface area (Å²) in [5.41, 5.74) is 3.73. The maximum Gasteiger partial charge on any atom is 0.122 e. The van der Waals surface area contributed by atoms with Crippen molar-refractivity contribution in [2.45, 2.75) is 20.4 Å². The standard InChI is InChI=1S/C13H15NO/c1-10-5-3-6-11(2)13(10)14-9-12-7-4-8-15-12/h3-8,14H,9H2,1-2H3. The third-order valence-electron chi connectivity index (χ3n) is 2.50. The summed E-state index contributed by atoms with van der Waals surface area (Å²) in [6.07, 6.45) is 1.70. The first-order valence-electron chi connectivity index (χ1n) is 5.10. The summed E-state index contributed by atoms with van der Waals surface area (Å²) in [5, 5.41) is 3.39. The van der Waals surface area contributed by atoms with Crippen LogP contribution in [0.3, 0.4) is 0 Å². The molecule has 0 bridgehead atoms. The molecule has 0 aliphatic rings. The lowest BCUT2D eigenvalue weighted by Gasteiger charge is -2.11. The molecular formula is C13H15NO. The van der Waals surface area contributed by atoms with Gasteiger partial charge in [-0.2, -0.15) is 0 Å². The first-order chi connectivity index (χ1) is 7.27. The minimum absolute atomic E-state index is 0.735. The average molecular weight is 201 g/mol. The molecule has 1 aromatic carbocycles. The van der Waals surface area contributed by atoms with Gasteiger partial charge in [0.05, 0.1) is 12.8 Å². The van der Waals surface area contributed by atoms with Crippen LogP contribution < -0.4 is 5.32 Å². The fourth-order valence-electron chi connectivity index (χ4n) is 1.68. The molecule has 0 aliphatic heterocycles. The molecule has 2 nitrogen and oxygen atoms in total. The van der Waals surface area contributed by atoms with Crippen LogP contribution in [0.25, 0.3) is 0 Å². The van der Waals surface area contributed by atoms with Gasteiger partial charge < -0.3 is 9.73 Å². The Bertz CT molecular complexity index is 412. The van der Waals surface area contributed by atoms with Crippen LogP contribution in [0.15, 0.2) is 41.0 Å². The van der Waals surface area contributed by atoms with Gasteiger partial charge in [-0.05, 0) is 37.1 Å². The van der Waals surface area contributed by atoms with Crippen LogP contribution in [0.2, 0.25) is 0 Å². The molecule has 78 valence electrons. The van der Waals surface area contributed by atoms with Crippen molar-refractivity contribution in [2.24, 2.45) is 0 Å². The molecule has 0 saturated heterocycles. The van der Waals surface area contributed by atoms with Crippen LogP contribution in [0.1, 0.15) is 16.9 Å². The molecule has 0 amide bonds. The van der Waals surface area contributed by atoms with Gasteiger partial charge in [0.15, 0.2) is 0 Å². The van der Waals surface area contributed by atoms with E-state index in [0.717, 1.165) is 12.3 Å². The molecule has 0 aliphatic carbocycles. The van der Waals surface area contributed by atoms with Crippen molar-refractivity contribution in [2.75, 3.05) is 5.32 Å². The molecule has 0 atom stereocenters. The topological polar surface area (TPSA) is 25.2 Å². The Balaban J connectivity index is 2.11. The van der Waals surface area contributed by atoms with Gasteiger partial charge in [-0.25, -0.2) is 0 Å². The number of nitrogens with one attached hydrogen (secondary N) is 1. The second-order valence-electron chi connectivity index (χ2n) is 3.70. The molecule has 1 N–H and O–H groups in total. The van der Waals surface area contributed by atoms with Crippen LogP contribution >= 0.6 is 0 Å². The first-order valence-corrected chi connectivity index (χ1v) is 5.10. The predicted molar refractivity (Wildman–Crippen MR) is 62.0 cm³/mol. The number of rotatable bonds is 3. The Morgan fingerprint density at radius 2 is 1.80 bits per heavy atom. The third-order valence-corrected chi connectivity index (χ3v) is 2.50. The van der Waals surface area contributed by atoms with Gasteiger partial charge in [-0.3, -0.25) is 0 Å². The van der Waals surface area contributed by atoms with E-state index in [4.69, 9.17) is 4.42 Å². The summed E-state index contributed by atoms with van der Waals surface area (Å²) in [6.45, 7) is 4.95. The molecule has 1 aromatic heterocycles. The van der Waals surface area contributed by atoms with Crippen molar-refractivity contribution < 1.29 is 4.42 Å². The van der Waals surface area contributed by atoms with Gasteiger partial charge in [0.25, 0.3) is 0 Å². The van der Waals surface area contributed by atoms with E-state index >= 15 is 0 Å². The van der Waals surface area contributed by atoms with E-state index in [-0.39, 0.29) is 0 Å². The number of furan rings is 1. The fraction of sp³-hybridized carbons (Fsp3) is 0.231. The Morgan fingerprint density at radius 1 is 1.07 bits per heavy atom. The second kappa shape index (κ2) is 4.22. The Labute approximate surface area is 89.9 Å². The zero-order valence-electron chi connectivity index (χ0n) is 9.08.